The quantitative estimate of drug-likeness (QED) is 0.946. The molecule has 0 aliphatic carbocycles. The first-order valence-corrected chi connectivity index (χ1v) is 6.05. The number of carbonyl (C=O) groups is 1. The highest BCUT2D eigenvalue weighted by Crippen LogP contribution is 2.38. The Morgan fingerprint density at radius 3 is 2.65 bits per heavy atom. The van der Waals surface area contributed by atoms with Gasteiger partial charge in [0, 0.05) is 7.05 Å². The van der Waals surface area contributed by atoms with E-state index in [9.17, 15) is 9.18 Å². The van der Waals surface area contributed by atoms with Crippen LogP contribution >= 0.6 is 11.6 Å². The summed E-state index contributed by atoms with van der Waals surface area (Å²) in [7, 11) is 2.94. The van der Waals surface area contributed by atoms with Crippen LogP contribution in [0.5, 0.6) is 5.75 Å². The van der Waals surface area contributed by atoms with Gasteiger partial charge in [0.1, 0.15) is 5.75 Å². The van der Waals surface area contributed by atoms with E-state index in [1.165, 1.54) is 31.0 Å². The Morgan fingerprint density at radius 1 is 1.50 bits per heavy atom. The number of carboxylic acids is 1. The zero-order valence-corrected chi connectivity index (χ0v) is 11.8. The smallest absolute Gasteiger partial charge is 0.356 e. The maximum atomic E-state index is 14.3. The van der Waals surface area contributed by atoms with E-state index in [1.54, 1.807) is 6.92 Å². The summed E-state index contributed by atoms with van der Waals surface area (Å²) in [5, 5.41) is 12.7. The molecule has 0 atom stereocenters. The molecule has 2 aromatic rings. The van der Waals surface area contributed by atoms with Gasteiger partial charge in [0.25, 0.3) is 0 Å². The third-order valence-corrected chi connectivity index (χ3v) is 3.19. The number of methoxy groups -OCH3 is 1. The van der Waals surface area contributed by atoms with E-state index in [0.29, 0.717) is 11.3 Å². The molecule has 2 rings (SSSR count). The van der Waals surface area contributed by atoms with Crippen LogP contribution in [-0.4, -0.2) is 28.0 Å². The minimum Gasteiger partial charge on any atom is -0.496 e. The first kappa shape index (κ1) is 14.3. The summed E-state index contributed by atoms with van der Waals surface area (Å²) in [5.74, 6) is -1.56. The van der Waals surface area contributed by atoms with E-state index >= 15 is 0 Å². The van der Waals surface area contributed by atoms with Crippen molar-refractivity contribution in [1.82, 2.24) is 9.78 Å². The number of aryl methyl sites for hydroxylation is 2. The zero-order valence-electron chi connectivity index (χ0n) is 11.1. The summed E-state index contributed by atoms with van der Waals surface area (Å²) in [6.45, 7) is 1.72. The largest absolute Gasteiger partial charge is 0.496 e. The second kappa shape index (κ2) is 5.13. The molecule has 1 aromatic carbocycles. The van der Waals surface area contributed by atoms with Crippen molar-refractivity contribution in [1.29, 1.82) is 0 Å². The van der Waals surface area contributed by atoms with Gasteiger partial charge in [0.05, 0.1) is 23.4 Å². The molecule has 1 heterocycles. The summed E-state index contributed by atoms with van der Waals surface area (Å²) in [6, 6.07) is 2.73. The van der Waals surface area contributed by atoms with Crippen molar-refractivity contribution in [3.63, 3.8) is 0 Å². The van der Waals surface area contributed by atoms with Crippen molar-refractivity contribution < 1.29 is 19.0 Å². The molecule has 0 bridgehead atoms. The number of hydrogen-bond donors (Lipinski definition) is 1. The molecule has 0 spiro atoms. The van der Waals surface area contributed by atoms with Crippen LogP contribution in [0.3, 0.4) is 0 Å². The lowest BCUT2D eigenvalue weighted by Crippen LogP contribution is -2.01. The lowest BCUT2D eigenvalue weighted by molar-refractivity contribution is 0.0689. The summed E-state index contributed by atoms with van der Waals surface area (Å²) in [6.07, 6.45) is 0. The molecule has 0 unspecified atom stereocenters. The topological polar surface area (TPSA) is 64.3 Å². The van der Waals surface area contributed by atoms with Crippen molar-refractivity contribution in [2.45, 2.75) is 6.92 Å². The highest BCUT2D eigenvalue weighted by molar-refractivity contribution is 6.31. The number of nitrogens with zero attached hydrogens (tertiary/aromatic N) is 2. The van der Waals surface area contributed by atoms with Gasteiger partial charge in [0.2, 0.25) is 0 Å². The number of halogens is 2. The molecule has 0 saturated carbocycles. The standard InChI is InChI=1S/C13H12ClFN2O3/c1-6-4-7(14)11(15)10(12(6)20-3)9-5-8(13(18)19)16-17(9)2/h4-5H,1-3H3,(H,18,19). The van der Waals surface area contributed by atoms with Crippen LogP contribution in [0.25, 0.3) is 11.3 Å². The fourth-order valence-corrected chi connectivity index (χ4v) is 2.29. The van der Waals surface area contributed by atoms with Gasteiger partial charge in [-0.15, -0.1) is 0 Å². The van der Waals surface area contributed by atoms with Crippen molar-refractivity contribution in [3.05, 3.63) is 34.2 Å². The third-order valence-electron chi connectivity index (χ3n) is 2.92. The molecule has 0 saturated heterocycles. The Hall–Kier alpha value is -2.08. The van der Waals surface area contributed by atoms with E-state index in [4.69, 9.17) is 21.4 Å². The van der Waals surface area contributed by atoms with E-state index in [0.717, 1.165) is 0 Å². The number of aromatic nitrogens is 2. The van der Waals surface area contributed by atoms with E-state index in [1.807, 2.05) is 0 Å². The van der Waals surface area contributed by atoms with Gasteiger partial charge in [-0.2, -0.15) is 5.10 Å². The van der Waals surface area contributed by atoms with Crippen LogP contribution in [0.4, 0.5) is 4.39 Å². The van der Waals surface area contributed by atoms with Gasteiger partial charge in [-0.1, -0.05) is 11.6 Å². The Bertz CT molecular complexity index is 697. The molecule has 5 nitrogen and oxygen atoms in total. The number of benzene rings is 1. The van der Waals surface area contributed by atoms with Crippen molar-refractivity contribution in [3.8, 4) is 17.0 Å². The molecule has 1 N–H and O–H groups in total. The Morgan fingerprint density at radius 2 is 2.15 bits per heavy atom. The fourth-order valence-electron chi connectivity index (χ4n) is 2.03. The average molecular weight is 299 g/mol. The Labute approximate surface area is 119 Å². The second-order valence-electron chi connectivity index (χ2n) is 4.24. The third kappa shape index (κ3) is 2.22. The fraction of sp³-hybridized carbons (Fsp3) is 0.231. The van der Waals surface area contributed by atoms with Crippen LogP contribution in [0.1, 0.15) is 16.1 Å². The molecule has 1 aromatic heterocycles. The summed E-state index contributed by atoms with van der Waals surface area (Å²) in [4.78, 5) is 10.9. The number of hydrogen-bond acceptors (Lipinski definition) is 3. The second-order valence-corrected chi connectivity index (χ2v) is 4.65. The van der Waals surface area contributed by atoms with E-state index in [2.05, 4.69) is 5.10 Å². The average Bonchev–Trinajstić information content (AvgIpc) is 2.75. The minimum absolute atomic E-state index is 0.0589. The SMILES string of the molecule is COc1c(C)cc(Cl)c(F)c1-c1cc(C(=O)O)nn1C. The van der Waals surface area contributed by atoms with Gasteiger partial charge < -0.3 is 9.84 Å². The van der Waals surface area contributed by atoms with Crippen molar-refractivity contribution in [2.75, 3.05) is 7.11 Å². The highest BCUT2D eigenvalue weighted by Gasteiger charge is 2.22. The number of ether oxygens (including phenoxy) is 1. The molecule has 106 valence electrons. The van der Waals surface area contributed by atoms with Gasteiger partial charge in [-0.25, -0.2) is 9.18 Å². The minimum atomic E-state index is -1.19. The molecule has 20 heavy (non-hydrogen) atoms. The van der Waals surface area contributed by atoms with Crippen LogP contribution in [0.15, 0.2) is 12.1 Å². The van der Waals surface area contributed by atoms with Crippen LogP contribution in [-0.2, 0) is 7.05 Å². The van der Waals surface area contributed by atoms with Crippen LogP contribution < -0.4 is 4.74 Å². The lowest BCUT2D eigenvalue weighted by atomic mass is 10.1. The molecule has 0 fully saturated rings. The van der Waals surface area contributed by atoms with Gasteiger partial charge in [-0.05, 0) is 24.6 Å². The van der Waals surface area contributed by atoms with Crippen molar-refractivity contribution in [2.24, 2.45) is 7.05 Å². The Balaban J connectivity index is 2.78. The molecular weight excluding hydrogens is 287 g/mol. The number of rotatable bonds is 3. The van der Waals surface area contributed by atoms with Crippen molar-refractivity contribution >= 4 is 17.6 Å². The van der Waals surface area contributed by atoms with Crippen LogP contribution in [0, 0.1) is 12.7 Å². The first-order chi connectivity index (χ1) is 9.36. The summed E-state index contributed by atoms with van der Waals surface area (Å²) in [5.41, 5.74) is 0.843. The summed E-state index contributed by atoms with van der Waals surface area (Å²) < 4.78 is 20.8. The first-order valence-electron chi connectivity index (χ1n) is 5.67. The maximum Gasteiger partial charge on any atom is 0.356 e. The van der Waals surface area contributed by atoms with Gasteiger partial charge in [0.15, 0.2) is 11.5 Å². The van der Waals surface area contributed by atoms with E-state index < -0.39 is 11.8 Å². The molecule has 0 radical (unpaired) electrons. The highest BCUT2D eigenvalue weighted by atomic mass is 35.5. The Kier molecular flexibility index (Phi) is 3.67. The normalized spacial score (nSPS) is 10.7. The molecule has 0 aliphatic rings. The molecular formula is C13H12ClFN2O3. The predicted octanol–water partition coefficient (Wildman–Crippen LogP) is 2.89. The van der Waals surface area contributed by atoms with Gasteiger partial charge in [-0.3, -0.25) is 4.68 Å². The monoisotopic (exact) mass is 298 g/mol. The van der Waals surface area contributed by atoms with E-state index in [-0.39, 0.29) is 22.0 Å². The number of carboxylic acid groups (broad SMARTS) is 1. The number of aromatic carboxylic acids is 1. The zero-order chi connectivity index (χ0) is 15.0. The predicted molar refractivity (Wildman–Crippen MR) is 71.9 cm³/mol. The van der Waals surface area contributed by atoms with Crippen LogP contribution in [0.2, 0.25) is 5.02 Å². The molecule has 0 amide bonds. The molecule has 0 aliphatic heterocycles. The molecule has 7 heteroatoms. The lowest BCUT2D eigenvalue weighted by Gasteiger charge is -2.13. The summed E-state index contributed by atoms with van der Waals surface area (Å²) >= 11 is 5.84. The maximum absolute atomic E-state index is 14.3. The van der Waals surface area contributed by atoms with Gasteiger partial charge >= 0.3 is 5.97 Å².